The van der Waals surface area contributed by atoms with Crippen LogP contribution in [0.25, 0.3) is 0 Å². The maximum Gasteiger partial charge on any atom is 0.249 e. The van der Waals surface area contributed by atoms with Gasteiger partial charge in [-0.25, -0.2) is 0 Å². The third-order valence-electron chi connectivity index (χ3n) is 4.05. The SMILES string of the molecule is COc1ccc(Nc2nncc(Nc3ccc(C(C)C)cc3)n2)cc1OC. The van der Waals surface area contributed by atoms with Crippen LogP contribution in [0, 0.1) is 0 Å². The molecule has 0 unspecified atom stereocenters. The van der Waals surface area contributed by atoms with E-state index < -0.39 is 0 Å². The van der Waals surface area contributed by atoms with E-state index in [1.54, 1.807) is 20.4 Å². The van der Waals surface area contributed by atoms with E-state index in [9.17, 15) is 0 Å². The average Bonchev–Trinajstić information content (AvgIpc) is 2.68. The molecule has 0 fully saturated rings. The van der Waals surface area contributed by atoms with Gasteiger partial charge in [0, 0.05) is 17.4 Å². The molecule has 140 valence electrons. The molecule has 7 heteroatoms. The van der Waals surface area contributed by atoms with Crippen molar-refractivity contribution in [1.82, 2.24) is 15.2 Å². The summed E-state index contributed by atoms with van der Waals surface area (Å²) in [4.78, 5) is 4.45. The zero-order valence-electron chi connectivity index (χ0n) is 15.9. The molecule has 0 saturated heterocycles. The molecule has 1 aromatic heterocycles. The lowest BCUT2D eigenvalue weighted by atomic mass is 10.0. The van der Waals surface area contributed by atoms with E-state index in [2.05, 4.69) is 51.8 Å². The number of nitrogens with zero attached hydrogens (tertiary/aromatic N) is 3. The summed E-state index contributed by atoms with van der Waals surface area (Å²) in [7, 11) is 3.19. The number of hydrogen-bond acceptors (Lipinski definition) is 7. The summed E-state index contributed by atoms with van der Waals surface area (Å²) in [6.07, 6.45) is 1.58. The van der Waals surface area contributed by atoms with Crippen molar-refractivity contribution in [3.05, 3.63) is 54.2 Å². The largest absolute Gasteiger partial charge is 0.493 e. The Bertz CT molecular complexity index is 897. The molecule has 0 atom stereocenters. The normalized spacial score (nSPS) is 10.6. The highest BCUT2D eigenvalue weighted by Gasteiger charge is 2.07. The Morgan fingerprint density at radius 2 is 1.56 bits per heavy atom. The van der Waals surface area contributed by atoms with Crippen molar-refractivity contribution < 1.29 is 9.47 Å². The second kappa shape index (κ2) is 8.35. The second-order valence-electron chi connectivity index (χ2n) is 6.26. The Hall–Kier alpha value is -3.35. The lowest BCUT2D eigenvalue weighted by Gasteiger charge is -2.11. The Labute approximate surface area is 158 Å². The number of benzene rings is 2. The molecule has 0 bridgehead atoms. The molecule has 0 radical (unpaired) electrons. The van der Waals surface area contributed by atoms with Gasteiger partial charge in [0.25, 0.3) is 0 Å². The van der Waals surface area contributed by atoms with Crippen LogP contribution in [0.5, 0.6) is 11.5 Å². The zero-order chi connectivity index (χ0) is 19.2. The summed E-state index contributed by atoms with van der Waals surface area (Å²) in [6.45, 7) is 4.34. The summed E-state index contributed by atoms with van der Waals surface area (Å²) in [6, 6.07) is 13.7. The average molecular weight is 365 g/mol. The van der Waals surface area contributed by atoms with E-state index in [1.165, 1.54) is 5.56 Å². The lowest BCUT2D eigenvalue weighted by Crippen LogP contribution is -2.03. The lowest BCUT2D eigenvalue weighted by molar-refractivity contribution is 0.355. The highest BCUT2D eigenvalue weighted by atomic mass is 16.5. The van der Waals surface area contributed by atoms with Crippen LogP contribution in [0.1, 0.15) is 25.3 Å². The topological polar surface area (TPSA) is 81.2 Å². The summed E-state index contributed by atoms with van der Waals surface area (Å²) >= 11 is 0. The number of anilines is 4. The molecule has 2 N–H and O–H groups in total. The number of nitrogens with one attached hydrogen (secondary N) is 2. The molecule has 27 heavy (non-hydrogen) atoms. The highest BCUT2D eigenvalue weighted by molar-refractivity contribution is 5.61. The van der Waals surface area contributed by atoms with Crippen LogP contribution in [0.4, 0.5) is 23.1 Å². The summed E-state index contributed by atoms with van der Waals surface area (Å²) in [5.74, 6) is 2.76. The van der Waals surface area contributed by atoms with Crippen LogP contribution < -0.4 is 20.1 Å². The quantitative estimate of drug-likeness (QED) is 0.638. The third kappa shape index (κ3) is 4.63. The van der Waals surface area contributed by atoms with Gasteiger partial charge in [0.1, 0.15) is 0 Å². The van der Waals surface area contributed by atoms with Crippen molar-refractivity contribution in [2.24, 2.45) is 0 Å². The number of rotatable bonds is 7. The van der Waals surface area contributed by atoms with E-state index in [-0.39, 0.29) is 0 Å². The monoisotopic (exact) mass is 365 g/mol. The Balaban J connectivity index is 1.73. The molecule has 0 amide bonds. The van der Waals surface area contributed by atoms with Gasteiger partial charge in [0.15, 0.2) is 17.3 Å². The minimum absolute atomic E-state index is 0.381. The smallest absolute Gasteiger partial charge is 0.249 e. The predicted octanol–water partition coefficient (Wildman–Crippen LogP) is 4.50. The first kappa shape index (κ1) is 18.4. The van der Waals surface area contributed by atoms with Crippen molar-refractivity contribution in [3.63, 3.8) is 0 Å². The molecule has 3 rings (SSSR count). The second-order valence-corrected chi connectivity index (χ2v) is 6.26. The minimum atomic E-state index is 0.381. The molecular weight excluding hydrogens is 342 g/mol. The van der Waals surface area contributed by atoms with E-state index in [0.29, 0.717) is 29.2 Å². The molecule has 0 spiro atoms. The summed E-state index contributed by atoms with van der Waals surface area (Å²) < 4.78 is 10.6. The van der Waals surface area contributed by atoms with Gasteiger partial charge >= 0.3 is 0 Å². The van der Waals surface area contributed by atoms with Crippen molar-refractivity contribution in [2.45, 2.75) is 19.8 Å². The van der Waals surface area contributed by atoms with Crippen LogP contribution in [0.2, 0.25) is 0 Å². The van der Waals surface area contributed by atoms with Gasteiger partial charge < -0.3 is 20.1 Å². The summed E-state index contributed by atoms with van der Waals surface area (Å²) in [5.41, 5.74) is 3.00. The number of ether oxygens (including phenoxy) is 2. The number of aromatic nitrogens is 3. The van der Waals surface area contributed by atoms with Gasteiger partial charge in [-0.15, -0.1) is 5.10 Å². The molecule has 7 nitrogen and oxygen atoms in total. The van der Waals surface area contributed by atoms with Crippen molar-refractivity contribution in [1.29, 1.82) is 0 Å². The molecule has 2 aromatic carbocycles. The number of hydrogen-bond donors (Lipinski definition) is 2. The van der Waals surface area contributed by atoms with Gasteiger partial charge in [-0.3, -0.25) is 0 Å². The third-order valence-corrected chi connectivity index (χ3v) is 4.05. The van der Waals surface area contributed by atoms with Crippen molar-refractivity contribution in [3.8, 4) is 11.5 Å². The minimum Gasteiger partial charge on any atom is -0.493 e. The van der Waals surface area contributed by atoms with Gasteiger partial charge in [0.2, 0.25) is 5.95 Å². The highest BCUT2D eigenvalue weighted by Crippen LogP contribution is 2.30. The standard InChI is InChI=1S/C20H23N5O2/c1-13(2)14-5-7-15(8-6-14)22-19-12-21-25-20(24-19)23-16-9-10-17(26-3)18(11-16)27-4/h5-13H,1-4H3,(H2,22,23,24,25). The molecular formula is C20H23N5O2. The van der Waals surface area contributed by atoms with Crippen LogP contribution in [-0.2, 0) is 0 Å². The molecule has 0 aliphatic heterocycles. The van der Waals surface area contributed by atoms with E-state index in [4.69, 9.17) is 9.47 Å². The van der Waals surface area contributed by atoms with Gasteiger partial charge in [-0.2, -0.15) is 10.1 Å². The molecule has 3 aromatic rings. The Kier molecular flexibility index (Phi) is 5.71. The fourth-order valence-electron chi connectivity index (χ4n) is 2.56. The maximum atomic E-state index is 5.31. The van der Waals surface area contributed by atoms with Gasteiger partial charge in [-0.05, 0) is 35.7 Å². The van der Waals surface area contributed by atoms with Gasteiger partial charge in [-0.1, -0.05) is 26.0 Å². The first-order chi connectivity index (χ1) is 13.1. The molecule has 1 heterocycles. The van der Waals surface area contributed by atoms with E-state index in [1.807, 2.05) is 30.3 Å². The van der Waals surface area contributed by atoms with Crippen LogP contribution >= 0.6 is 0 Å². The Morgan fingerprint density at radius 1 is 0.852 bits per heavy atom. The van der Waals surface area contributed by atoms with Crippen LogP contribution in [0.15, 0.2) is 48.7 Å². The van der Waals surface area contributed by atoms with Crippen molar-refractivity contribution >= 4 is 23.1 Å². The maximum absolute atomic E-state index is 5.31. The van der Waals surface area contributed by atoms with E-state index in [0.717, 1.165) is 11.4 Å². The number of methoxy groups -OCH3 is 2. The first-order valence-corrected chi connectivity index (χ1v) is 8.65. The van der Waals surface area contributed by atoms with Gasteiger partial charge in [0.05, 0.1) is 20.4 Å². The van der Waals surface area contributed by atoms with E-state index >= 15 is 0 Å². The van der Waals surface area contributed by atoms with Crippen LogP contribution in [-0.4, -0.2) is 29.4 Å². The fourth-order valence-corrected chi connectivity index (χ4v) is 2.56. The first-order valence-electron chi connectivity index (χ1n) is 8.65. The molecule has 0 saturated carbocycles. The predicted molar refractivity (Wildman–Crippen MR) is 106 cm³/mol. The zero-order valence-corrected chi connectivity index (χ0v) is 15.9. The Morgan fingerprint density at radius 3 is 2.22 bits per heavy atom. The van der Waals surface area contributed by atoms with Crippen LogP contribution in [0.3, 0.4) is 0 Å². The summed E-state index contributed by atoms with van der Waals surface area (Å²) in [5, 5.41) is 14.4. The molecule has 0 aliphatic rings. The fraction of sp³-hybridized carbons (Fsp3) is 0.250. The molecule has 0 aliphatic carbocycles. The van der Waals surface area contributed by atoms with Crippen molar-refractivity contribution in [2.75, 3.05) is 24.9 Å².